The number of thiazole rings is 1. The Balaban J connectivity index is 1.79. The van der Waals surface area contributed by atoms with Crippen LogP contribution in [0.25, 0.3) is 10.6 Å². The Morgan fingerprint density at radius 2 is 1.93 bits per heavy atom. The van der Waals surface area contributed by atoms with Crippen LogP contribution < -0.4 is 5.32 Å². The number of carbonyl (C=O) groups excluding carboxylic acids is 1. The number of nitrogens with one attached hydrogen (secondary N) is 1. The van der Waals surface area contributed by atoms with E-state index >= 15 is 0 Å². The van der Waals surface area contributed by atoms with Crippen molar-refractivity contribution >= 4 is 33.0 Å². The smallest absolute Gasteiger partial charge is 0.242 e. The van der Waals surface area contributed by atoms with E-state index in [0.29, 0.717) is 22.0 Å². The van der Waals surface area contributed by atoms with Crippen molar-refractivity contribution in [2.45, 2.75) is 25.2 Å². The molecule has 3 aromatic rings. The van der Waals surface area contributed by atoms with Gasteiger partial charge in [0.2, 0.25) is 15.9 Å². The molecule has 1 aromatic heterocycles. The van der Waals surface area contributed by atoms with Gasteiger partial charge in [0.25, 0.3) is 0 Å². The molecule has 0 bridgehead atoms. The van der Waals surface area contributed by atoms with E-state index in [1.807, 2.05) is 6.92 Å². The van der Waals surface area contributed by atoms with Crippen molar-refractivity contribution in [3.8, 4) is 10.6 Å². The van der Waals surface area contributed by atoms with Gasteiger partial charge in [-0.15, -0.1) is 11.3 Å². The summed E-state index contributed by atoms with van der Waals surface area (Å²) in [6, 6.07) is 9.18. The van der Waals surface area contributed by atoms with Gasteiger partial charge in [-0.05, 0) is 49.2 Å². The number of benzene rings is 2. The van der Waals surface area contributed by atoms with Gasteiger partial charge in [-0.25, -0.2) is 22.1 Å². The first-order valence-electron chi connectivity index (χ1n) is 9.12. The van der Waals surface area contributed by atoms with Gasteiger partial charge < -0.3 is 5.32 Å². The van der Waals surface area contributed by atoms with Crippen LogP contribution in [-0.2, 0) is 21.2 Å². The van der Waals surface area contributed by atoms with Crippen LogP contribution in [0.2, 0.25) is 0 Å². The lowest BCUT2D eigenvalue weighted by molar-refractivity contribution is -0.115. The topological polar surface area (TPSA) is 79.4 Å². The third kappa shape index (κ3) is 4.75. The Hall–Kier alpha value is -2.62. The molecule has 0 unspecified atom stereocenters. The Morgan fingerprint density at radius 3 is 2.60 bits per heavy atom. The second-order valence-electron chi connectivity index (χ2n) is 7.08. The average Bonchev–Trinajstić information content (AvgIpc) is 3.13. The van der Waals surface area contributed by atoms with Crippen LogP contribution in [-0.4, -0.2) is 37.7 Å². The van der Waals surface area contributed by atoms with E-state index in [4.69, 9.17) is 0 Å². The molecule has 2 aromatic carbocycles. The fraction of sp³-hybridized carbons (Fsp3) is 0.238. The van der Waals surface area contributed by atoms with Crippen molar-refractivity contribution < 1.29 is 17.6 Å². The van der Waals surface area contributed by atoms with Crippen LogP contribution in [0.3, 0.4) is 0 Å². The zero-order valence-electron chi connectivity index (χ0n) is 17.1. The van der Waals surface area contributed by atoms with E-state index in [1.54, 1.807) is 30.5 Å². The molecule has 0 atom stereocenters. The van der Waals surface area contributed by atoms with Crippen LogP contribution in [0.15, 0.2) is 46.7 Å². The second kappa shape index (κ2) is 8.63. The molecule has 0 aliphatic heterocycles. The Kier molecular flexibility index (Phi) is 6.35. The lowest BCUT2D eigenvalue weighted by Crippen LogP contribution is -2.23. The molecule has 0 aliphatic rings. The van der Waals surface area contributed by atoms with E-state index in [-0.39, 0.29) is 23.0 Å². The number of rotatable bonds is 6. The average molecular weight is 448 g/mol. The number of carbonyl (C=O) groups is 1. The Bertz CT molecular complexity index is 1200. The molecule has 0 saturated heterocycles. The lowest BCUT2D eigenvalue weighted by Gasteiger charge is -2.16. The van der Waals surface area contributed by atoms with Crippen LogP contribution in [0.5, 0.6) is 0 Å². The van der Waals surface area contributed by atoms with E-state index < -0.39 is 10.0 Å². The molecule has 1 heterocycles. The number of halogens is 1. The molecule has 0 spiro atoms. The predicted molar refractivity (Wildman–Crippen MR) is 117 cm³/mol. The number of amides is 1. The molecule has 1 N–H and O–H groups in total. The minimum absolute atomic E-state index is 0.0228. The maximum atomic E-state index is 13.4. The van der Waals surface area contributed by atoms with Gasteiger partial charge in [0.1, 0.15) is 10.8 Å². The number of anilines is 1. The molecular weight excluding hydrogens is 425 g/mol. The van der Waals surface area contributed by atoms with Gasteiger partial charge in [-0.3, -0.25) is 4.79 Å². The molecule has 9 heteroatoms. The zero-order valence-corrected chi connectivity index (χ0v) is 18.7. The van der Waals surface area contributed by atoms with Gasteiger partial charge >= 0.3 is 0 Å². The minimum Gasteiger partial charge on any atom is -0.325 e. The SMILES string of the molecule is Cc1cc(S(=O)(=O)N(C)C)cc(NC(=O)Cc2csc(-c3cccc(F)c3)n2)c1C. The Morgan fingerprint density at radius 1 is 1.20 bits per heavy atom. The summed E-state index contributed by atoms with van der Waals surface area (Å²) < 4.78 is 39.5. The summed E-state index contributed by atoms with van der Waals surface area (Å²) >= 11 is 1.33. The number of aryl methyl sites for hydroxylation is 1. The minimum atomic E-state index is -3.62. The number of hydrogen-bond acceptors (Lipinski definition) is 5. The molecule has 3 rings (SSSR count). The molecule has 30 heavy (non-hydrogen) atoms. The van der Waals surface area contributed by atoms with Crippen molar-refractivity contribution in [3.05, 3.63) is 64.4 Å². The van der Waals surface area contributed by atoms with E-state index in [1.165, 1.54) is 43.6 Å². The normalized spacial score (nSPS) is 11.7. The van der Waals surface area contributed by atoms with Gasteiger partial charge in [-0.2, -0.15) is 0 Å². The number of aromatic nitrogens is 1. The van der Waals surface area contributed by atoms with Crippen molar-refractivity contribution in [1.82, 2.24) is 9.29 Å². The fourth-order valence-electron chi connectivity index (χ4n) is 2.82. The van der Waals surface area contributed by atoms with Gasteiger partial charge in [0.05, 0.1) is 17.0 Å². The van der Waals surface area contributed by atoms with Crippen LogP contribution in [0.1, 0.15) is 16.8 Å². The number of nitrogens with zero attached hydrogens (tertiary/aromatic N) is 2. The summed E-state index contributed by atoms with van der Waals surface area (Å²) in [4.78, 5) is 17.1. The molecule has 6 nitrogen and oxygen atoms in total. The van der Waals surface area contributed by atoms with Crippen LogP contribution >= 0.6 is 11.3 Å². The highest BCUT2D eigenvalue weighted by atomic mass is 32.2. The maximum Gasteiger partial charge on any atom is 0.242 e. The molecule has 0 fully saturated rings. The molecular formula is C21H22FN3O3S2. The zero-order chi connectivity index (χ0) is 22.1. The molecule has 0 saturated carbocycles. The quantitative estimate of drug-likeness (QED) is 0.620. The van der Waals surface area contributed by atoms with Gasteiger partial charge in [0, 0.05) is 30.7 Å². The monoisotopic (exact) mass is 447 g/mol. The Labute approximate surface area is 179 Å². The fourth-order valence-corrected chi connectivity index (χ4v) is 4.65. The highest BCUT2D eigenvalue weighted by Crippen LogP contribution is 2.27. The largest absolute Gasteiger partial charge is 0.325 e. The third-order valence-electron chi connectivity index (χ3n) is 4.66. The van der Waals surface area contributed by atoms with E-state index in [9.17, 15) is 17.6 Å². The molecule has 0 radical (unpaired) electrons. The first-order chi connectivity index (χ1) is 14.1. The number of sulfonamides is 1. The summed E-state index contributed by atoms with van der Waals surface area (Å²) in [5.41, 5.74) is 3.21. The summed E-state index contributed by atoms with van der Waals surface area (Å²) in [7, 11) is -0.704. The summed E-state index contributed by atoms with van der Waals surface area (Å²) in [6.07, 6.45) is 0.0228. The van der Waals surface area contributed by atoms with E-state index in [0.717, 1.165) is 15.4 Å². The van der Waals surface area contributed by atoms with Crippen molar-refractivity contribution in [2.24, 2.45) is 0 Å². The molecule has 1 amide bonds. The maximum absolute atomic E-state index is 13.4. The van der Waals surface area contributed by atoms with Crippen LogP contribution in [0.4, 0.5) is 10.1 Å². The van der Waals surface area contributed by atoms with Gasteiger partial charge in [-0.1, -0.05) is 12.1 Å². The molecule has 158 valence electrons. The highest BCUT2D eigenvalue weighted by Gasteiger charge is 2.20. The van der Waals surface area contributed by atoms with E-state index in [2.05, 4.69) is 10.3 Å². The number of hydrogen-bond donors (Lipinski definition) is 1. The van der Waals surface area contributed by atoms with Crippen LogP contribution in [0, 0.1) is 19.7 Å². The predicted octanol–water partition coefficient (Wildman–Crippen LogP) is 4.00. The lowest BCUT2D eigenvalue weighted by atomic mass is 10.1. The first kappa shape index (κ1) is 22.1. The summed E-state index contributed by atoms with van der Waals surface area (Å²) in [5.74, 6) is -0.659. The van der Waals surface area contributed by atoms with Crippen molar-refractivity contribution in [2.75, 3.05) is 19.4 Å². The summed E-state index contributed by atoms with van der Waals surface area (Å²) in [6.45, 7) is 3.62. The van der Waals surface area contributed by atoms with Gasteiger partial charge in [0.15, 0.2) is 0 Å². The first-order valence-corrected chi connectivity index (χ1v) is 11.4. The second-order valence-corrected chi connectivity index (χ2v) is 10.1. The third-order valence-corrected chi connectivity index (χ3v) is 7.39. The van der Waals surface area contributed by atoms with Crippen molar-refractivity contribution in [1.29, 1.82) is 0 Å². The highest BCUT2D eigenvalue weighted by molar-refractivity contribution is 7.89. The van der Waals surface area contributed by atoms with Crippen molar-refractivity contribution in [3.63, 3.8) is 0 Å². The summed E-state index contributed by atoms with van der Waals surface area (Å²) in [5, 5.41) is 5.17. The standard InChI is InChI=1S/C21H22FN3O3S2/c1-13-8-18(30(27,28)25(3)4)11-19(14(13)2)24-20(26)10-17-12-29-21(23-17)15-6-5-7-16(22)9-15/h5-9,11-12H,10H2,1-4H3,(H,24,26). The molecule has 0 aliphatic carbocycles.